The van der Waals surface area contributed by atoms with E-state index in [1.54, 1.807) is 18.2 Å². The number of ether oxygens (including phenoxy) is 1. The third-order valence-electron chi connectivity index (χ3n) is 2.73. The number of phenolic OH excluding ortho intramolecular Hbond substituents is 1. The van der Waals surface area contributed by atoms with Gasteiger partial charge < -0.3 is 9.84 Å². The molecular formula is C15H15NO3. The molecule has 0 amide bonds. The van der Waals surface area contributed by atoms with Crippen LogP contribution in [0, 0.1) is 0 Å². The molecule has 0 aromatic heterocycles. The number of rotatable bonds is 4. The summed E-state index contributed by atoms with van der Waals surface area (Å²) in [5, 5.41) is 19.2. The van der Waals surface area contributed by atoms with Crippen molar-refractivity contribution >= 4 is 11.8 Å². The van der Waals surface area contributed by atoms with E-state index in [0.717, 1.165) is 5.56 Å². The first-order valence-electron chi connectivity index (χ1n) is 5.79. The second-order valence-corrected chi connectivity index (χ2v) is 3.96. The van der Waals surface area contributed by atoms with Crippen molar-refractivity contribution in [2.75, 3.05) is 7.11 Å². The van der Waals surface area contributed by atoms with Gasteiger partial charge in [0.25, 0.3) is 0 Å². The van der Waals surface area contributed by atoms with Gasteiger partial charge in [0.2, 0.25) is 0 Å². The summed E-state index contributed by atoms with van der Waals surface area (Å²) < 4.78 is 5.02. The van der Waals surface area contributed by atoms with Crippen LogP contribution in [0.1, 0.15) is 11.1 Å². The van der Waals surface area contributed by atoms with Crippen LogP contribution in [-0.2, 0) is 0 Å². The molecule has 0 aliphatic carbocycles. The third-order valence-corrected chi connectivity index (χ3v) is 2.73. The van der Waals surface area contributed by atoms with Gasteiger partial charge in [0, 0.05) is 11.6 Å². The van der Waals surface area contributed by atoms with Gasteiger partial charge in [-0.25, -0.2) is 0 Å². The highest BCUT2D eigenvalue weighted by molar-refractivity contribution is 5.82. The zero-order valence-electron chi connectivity index (χ0n) is 10.5. The number of phenols is 1. The van der Waals surface area contributed by atoms with Gasteiger partial charge in [-0.05, 0) is 23.8 Å². The Balaban J connectivity index is 2.40. The zero-order valence-corrected chi connectivity index (χ0v) is 10.5. The lowest BCUT2D eigenvalue weighted by Gasteiger charge is -2.10. The van der Waals surface area contributed by atoms with Crippen molar-refractivity contribution in [2.24, 2.45) is 0 Å². The first-order valence-corrected chi connectivity index (χ1v) is 5.79. The molecule has 0 unspecified atom stereocenters. The molecule has 4 nitrogen and oxygen atoms in total. The average Bonchev–Trinajstić information content (AvgIpc) is 2.46. The molecule has 4 heteroatoms. The van der Waals surface area contributed by atoms with E-state index in [2.05, 4.69) is 5.48 Å². The SMILES string of the molecule is COc1ccc(/C(=C/c2ccccc2)NO)c(O)c1. The van der Waals surface area contributed by atoms with E-state index in [9.17, 15) is 10.3 Å². The van der Waals surface area contributed by atoms with E-state index in [-0.39, 0.29) is 5.75 Å². The molecule has 3 N–H and O–H groups in total. The van der Waals surface area contributed by atoms with Crippen molar-refractivity contribution in [1.29, 1.82) is 0 Å². The predicted octanol–water partition coefficient (Wildman–Crippen LogP) is 2.88. The van der Waals surface area contributed by atoms with Crippen LogP contribution in [0.4, 0.5) is 0 Å². The minimum Gasteiger partial charge on any atom is -0.507 e. The maximum absolute atomic E-state index is 9.93. The normalized spacial score (nSPS) is 11.2. The van der Waals surface area contributed by atoms with E-state index in [1.165, 1.54) is 13.2 Å². The Morgan fingerprint density at radius 2 is 1.89 bits per heavy atom. The summed E-state index contributed by atoms with van der Waals surface area (Å²) in [6, 6.07) is 14.4. The van der Waals surface area contributed by atoms with Crippen molar-refractivity contribution in [3.05, 3.63) is 59.7 Å². The van der Waals surface area contributed by atoms with Crippen LogP contribution in [0.5, 0.6) is 11.5 Å². The molecule has 0 aliphatic rings. The second-order valence-electron chi connectivity index (χ2n) is 3.96. The smallest absolute Gasteiger partial charge is 0.128 e. The number of hydrogen-bond acceptors (Lipinski definition) is 4. The van der Waals surface area contributed by atoms with Crippen LogP contribution < -0.4 is 10.2 Å². The lowest BCUT2D eigenvalue weighted by Crippen LogP contribution is -2.05. The van der Waals surface area contributed by atoms with Gasteiger partial charge in [-0.2, -0.15) is 0 Å². The first kappa shape index (κ1) is 13.0. The fraction of sp³-hybridized carbons (Fsp3) is 0.0667. The van der Waals surface area contributed by atoms with Gasteiger partial charge in [-0.3, -0.25) is 10.7 Å². The van der Waals surface area contributed by atoms with E-state index >= 15 is 0 Å². The summed E-state index contributed by atoms with van der Waals surface area (Å²) >= 11 is 0. The molecular weight excluding hydrogens is 242 g/mol. The highest BCUT2D eigenvalue weighted by atomic mass is 16.5. The van der Waals surface area contributed by atoms with Crippen molar-refractivity contribution in [1.82, 2.24) is 5.48 Å². The second kappa shape index (κ2) is 5.93. The number of methoxy groups -OCH3 is 1. The Morgan fingerprint density at radius 1 is 1.16 bits per heavy atom. The van der Waals surface area contributed by atoms with Gasteiger partial charge in [0.05, 0.1) is 12.8 Å². The van der Waals surface area contributed by atoms with Crippen molar-refractivity contribution in [3.63, 3.8) is 0 Å². The number of benzene rings is 2. The molecule has 0 aliphatic heterocycles. The van der Waals surface area contributed by atoms with Crippen molar-refractivity contribution < 1.29 is 15.1 Å². The van der Waals surface area contributed by atoms with Crippen LogP contribution in [0.3, 0.4) is 0 Å². The molecule has 0 spiro atoms. The molecule has 19 heavy (non-hydrogen) atoms. The van der Waals surface area contributed by atoms with E-state index in [4.69, 9.17) is 4.74 Å². The predicted molar refractivity (Wildman–Crippen MR) is 73.9 cm³/mol. The van der Waals surface area contributed by atoms with Crippen molar-refractivity contribution in [2.45, 2.75) is 0 Å². The molecule has 0 saturated carbocycles. The van der Waals surface area contributed by atoms with E-state index < -0.39 is 0 Å². The molecule has 0 bridgehead atoms. The molecule has 0 saturated heterocycles. The standard InChI is InChI=1S/C15H15NO3/c1-19-12-7-8-13(15(17)10-12)14(16-18)9-11-5-3-2-4-6-11/h2-10,16-18H,1H3/b14-9-. The molecule has 2 rings (SSSR count). The topological polar surface area (TPSA) is 61.7 Å². The number of nitrogens with one attached hydrogen (secondary N) is 1. The summed E-state index contributed by atoms with van der Waals surface area (Å²) in [6.07, 6.45) is 1.74. The Labute approximate surface area is 111 Å². The summed E-state index contributed by atoms with van der Waals surface area (Å²) in [6.45, 7) is 0. The van der Waals surface area contributed by atoms with Crippen LogP contribution in [0.2, 0.25) is 0 Å². The zero-order chi connectivity index (χ0) is 13.7. The Bertz CT molecular complexity index is 579. The lowest BCUT2D eigenvalue weighted by atomic mass is 10.1. The largest absolute Gasteiger partial charge is 0.507 e. The number of hydroxylamine groups is 1. The Hall–Kier alpha value is -2.46. The third kappa shape index (κ3) is 3.05. The molecule has 98 valence electrons. The summed E-state index contributed by atoms with van der Waals surface area (Å²) in [7, 11) is 1.53. The van der Waals surface area contributed by atoms with Gasteiger partial charge in [-0.15, -0.1) is 0 Å². The van der Waals surface area contributed by atoms with Crippen LogP contribution in [-0.4, -0.2) is 17.4 Å². The van der Waals surface area contributed by atoms with Gasteiger partial charge in [0.15, 0.2) is 0 Å². The summed E-state index contributed by atoms with van der Waals surface area (Å²) in [5.74, 6) is 0.585. The molecule has 0 atom stereocenters. The van der Waals surface area contributed by atoms with Gasteiger partial charge >= 0.3 is 0 Å². The fourth-order valence-electron chi connectivity index (χ4n) is 1.75. The Morgan fingerprint density at radius 3 is 2.47 bits per heavy atom. The maximum atomic E-state index is 9.93. The molecule has 0 radical (unpaired) electrons. The minimum atomic E-state index is 0.0306. The van der Waals surface area contributed by atoms with Gasteiger partial charge in [-0.1, -0.05) is 30.3 Å². The summed E-state index contributed by atoms with van der Waals surface area (Å²) in [4.78, 5) is 0. The van der Waals surface area contributed by atoms with Gasteiger partial charge in [0.1, 0.15) is 11.5 Å². The molecule has 0 heterocycles. The Kier molecular flexibility index (Phi) is 4.05. The quantitative estimate of drug-likeness (QED) is 0.582. The monoisotopic (exact) mass is 257 g/mol. The highest BCUT2D eigenvalue weighted by Crippen LogP contribution is 2.28. The number of hydrogen-bond donors (Lipinski definition) is 3. The fourth-order valence-corrected chi connectivity index (χ4v) is 1.75. The van der Waals surface area contributed by atoms with Crippen LogP contribution in [0.15, 0.2) is 48.5 Å². The average molecular weight is 257 g/mol. The van der Waals surface area contributed by atoms with Crippen LogP contribution in [0.25, 0.3) is 11.8 Å². The summed E-state index contributed by atoms with van der Waals surface area (Å²) in [5.41, 5.74) is 3.92. The van der Waals surface area contributed by atoms with Crippen LogP contribution >= 0.6 is 0 Å². The van der Waals surface area contributed by atoms with E-state index in [1.807, 2.05) is 30.3 Å². The minimum absolute atomic E-state index is 0.0306. The van der Waals surface area contributed by atoms with E-state index in [0.29, 0.717) is 17.0 Å². The lowest BCUT2D eigenvalue weighted by molar-refractivity contribution is 0.225. The molecule has 0 fully saturated rings. The maximum Gasteiger partial charge on any atom is 0.128 e. The molecule has 2 aromatic rings. The highest BCUT2D eigenvalue weighted by Gasteiger charge is 2.08. The molecule has 2 aromatic carbocycles. The van der Waals surface area contributed by atoms with Crippen molar-refractivity contribution in [3.8, 4) is 11.5 Å². The number of aromatic hydroxyl groups is 1. The first-order chi connectivity index (χ1) is 9.24.